The lowest BCUT2D eigenvalue weighted by atomic mass is 10.1. The summed E-state index contributed by atoms with van der Waals surface area (Å²) in [7, 11) is 0. The van der Waals surface area contributed by atoms with Gasteiger partial charge in [-0.15, -0.1) is 0 Å². The van der Waals surface area contributed by atoms with Crippen molar-refractivity contribution in [1.82, 2.24) is 19.8 Å². The monoisotopic (exact) mass is 421 g/mol. The van der Waals surface area contributed by atoms with Gasteiger partial charge < -0.3 is 9.88 Å². The number of nitrogens with zero attached hydrogens (tertiary/aromatic N) is 4. The predicted molar refractivity (Wildman–Crippen MR) is 124 cm³/mol. The van der Waals surface area contributed by atoms with Crippen molar-refractivity contribution in [3.63, 3.8) is 0 Å². The molecular formula is C26H23N5O. The summed E-state index contributed by atoms with van der Waals surface area (Å²) in [4.78, 5) is 25.3. The minimum atomic E-state index is 0.0415. The molecule has 32 heavy (non-hydrogen) atoms. The Balaban J connectivity index is 1.26. The van der Waals surface area contributed by atoms with E-state index in [0.717, 1.165) is 47.6 Å². The van der Waals surface area contributed by atoms with E-state index in [2.05, 4.69) is 20.9 Å². The summed E-state index contributed by atoms with van der Waals surface area (Å²) < 4.78 is 0. The van der Waals surface area contributed by atoms with Crippen molar-refractivity contribution in [3.05, 3.63) is 89.5 Å². The van der Waals surface area contributed by atoms with Gasteiger partial charge in [0, 0.05) is 43.9 Å². The topological polar surface area (TPSA) is 76.0 Å². The summed E-state index contributed by atoms with van der Waals surface area (Å²) >= 11 is 0. The average molecular weight is 422 g/mol. The second-order valence-corrected chi connectivity index (χ2v) is 8.02. The van der Waals surface area contributed by atoms with Crippen LogP contribution >= 0.6 is 0 Å². The quantitative estimate of drug-likeness (QED) is 0.539. The molecule has 1 saturated heterocycles. The third-order valence-electron chi connectivity index (χ3n) is 5.97. The molecule has 1 aromatic heterocycles. The Hall–Kier alpha value is -3.95. The van der Waals surface area contributed by atoms with Gasteiger partial charge in [-0.1, -0.05) is 48.5 Å². The smallest absolute Gasteiger partial charge is 0.254 e. The van der Waals surface area contributed by atoms with Crippen LogP contribution in [0.5, 0.6) is 0 Å². The summed E-state index contributed by atoms with van der Waals surface area (Å²) in [5.74, 6) is 0.844. The number of rotatable bonds is 4. The molecule has 0 aliphatic carbocycles. The van der Waals surface area contributed by atoms with Gasteiger partial charge in [0.25, 0.3) is 5.91 Å². The van der Waals surface area contributed by atoms with Crippen LogP contribution in [-0.2, 0) is 6.54 Å². The number of hydrogen-bond donors (Lipinski definition) is 1. The van der Waals surface area contributed by atoms with Crippen LogP contribution in [0, 0.1) is 11.3 Å². The van der Waals surface area contributed by atoms with Gasteiger partial charge in [0.2, 0.25) is 0 Å². The van der Waals surface area contributed by atoms with Crippen LogP contribution in [0.1, 0.15) is 21.5 Å². The molecule has 6 heteroatoms. The molecular weight excluding hydrogens is 398 g/mol. The fourth-order valence-corrected chi connectivity index (χ4v) is 4.18. The molecule has 0 radical (unpaired) electrons. The van der Waals surface area contributed by atoms with Gasteiger partial charge in [0.05, 0.1) is 22.7 Å². The number of fused-ring (bicyclic) bond motifs is 1. The van der Waals surface area contributed by atoms with E-state index in [-0.39, 0.29) is 5.91 Å². The molecule has 2 heterocycles. The number of amides is 1. The van der Waals surface area contributed by atoms with E-state index in [1.54, 1.807) is 0 Å². The Morgan fingerprint density at radius 1 is 0.969 bits per heavy atom. The Morgan fingerprint density at radius 3 is 2.50 bits per heavy atom. The zero-order chi connectivity index (χ0) is 21.9. The number of hydrogen-bond acceptors (Lipinski definition) is 4. The largest absolute Gasteiger partial charge is 0.338 e. The first-order valence-electron chi connectivity index (χ1n) is 10.8. The second kappa shape index (κ2) is 8.66. The average Bonchev–Trinajstić information content (AvgIpc) is 3.28. The van der Waals surface area contributed by atoms with E-state index < -0.39 is 0 Å². The van der Waals surface area contributed by atoms with Crippen molar-refractivity contribution in [2.45, 2.75) is 6.54 Å². The number of carbonyl (C=O) groups excluding carboxylic acids is 1. The van der Waals surface area contributed by atoms with Crippen LogP contribution in [0.2, 0.25) is 0 Å². The van der Waals surface area contributed by atoms with E-state index >= 15 is 0 Å². The van der Waals surface area contributed by atoms with E-state index in [1.165, 1.54) is 0 Å². The highest BCUT2D eigenvalue weighted by Gasteiger charge is 2.23. The van der Waals surface area contributed by atoms with Crippen LogP contribution in [0.25, 0.3) is 22.4 Å². The summed E-state index contributed by atoms with van der Waals surface area (Å²) in [5, 5.41) is 9.30. The number of H-pyrrole nitrogens is 1. The SMILES string of the molecule is N#Cc1ccccc1CN1CCN(C(=O)c2ccc3nc(-c4ccccc4)[nH]c3c2)CC1. The van der Waals surface area contributed by atoms with Crippen LogP contribution < -0.4 is 0 Å². The van der Waals surface area contributed by atoms with Crippen molar-refractivity contribution in [2.24, 2.45) is 0 Å². The third-order valence-corrected chi connectivity index (χ3v) is 5.97. The molecule has 1 aliphatic rings. The molecule has 0 bridgehead atoms. The zero-order valence-electron chi connectivity index (χ0n) is 17.7. The number of piperazine rings is 1. The Bertz CT molecular complexity index is 1300. The minimum absolute atomic E-state index is 0.0415. The molecule has 6 nitrogen and oxygen atoms in total. The van der Waals surface area contributed by atoms with E-state index in [1.807, 2.05) is 77.7 Å². The first-order chi connectivity index (χ1) is 15.7. The highest BCUT2D eigenvalue weighted by molar-refractivity contribution is 5.97. The van der Waals surface area contributed by atoms with Gasteiger partial charge in [-0.3, -0.25) is 9.69 Å². The maximum Gasteiger partial charge on any atom is 0.254 e. The van der Waals surface area contributed by atoms with E-state index in [9.17, 15) is 10.1 Å². The fraction of sp³-hybridized carbons (Fsp3) is 0.192. The van der Waals surface area contributed by atoms with Crippen molar-refractivity contribution >= 4 is 16.9 Å². The highest BCUT2D eigenvalue weighted by atomic mass is 16.2. The van der Waals surface area contributed by atoms with Gasteiger partial charge in [-0.05, 0) is 29.8 Å². The molecule has 1 amide bonds. The summed E-state index contributed by atoms with van der Waals surface area (Å²) in [5.41, 5.74) is 5.15. The molecule has 0 atom stereocenters. The molecule has 158 valence electrons. The molecule has 0 spiro atoms. The van der Waals surface area contributed by atoms with Crippen LogP contribution in [0.15, 0.2) is 72.8 Å². The number of nitrogens with one attached hydrogen (secondary N) is 1. The fourth-order valence-electron chi connectivity index (χ4n) is 4.18. The number of carbonyl (C=O) groups is 1. The summed E-state index contributed by atoms with van der Waals surface area (Å²) in [6.45, 7) is 3.65. The summed E-state index contributed by atoms with van der Waals surface area (Å²) in [6, 6.07) is 25.6. The highest BCUT2D eigenvalue weighted by Crippen LogP contribution is 2.22. The first-order valence-corrected chi connectivity index (χ1v) is 10.8. The Morgan fingerprint density at radius 2 is 1.72 bits per heavy atom. The Labute approximate surface area is 186 Å². The van der Waals surface area contributed by atoms with Crippen LogP contribution in [0.3, 0.4) is 0 Å². The molecule has 1 N–H and O–H groups in total. The van der Waals surface area contributed by atoms with Crippen LogP contribution in [-0.4, -0.2) is 51.9 Å². The van der Waals surface area contributed by atoms with Gasteiger partial charge in [0.1, 0.15) is 5.82 Å². The minimum Gasteiger partial charge on any atom is -0.338 e. The maximum atomic E-state index is 13.1. The van der Waals surface area contributed by atoms with E-state index in [4.69, 9.17) is 0 Å². The van der Waals surface area contributed by atoms with E-state index in [0.29, 0.717) is 24.2 Å². The molecule has 3 aromatic carbocycles. The van der Waals surface area contributed by atoms with Crippen molar-refractivity contribution in [1.29, 1.82) is 5.26 Å². The molecule has 0 saturated carbocycles. The molecule has 4 aromatic rings. The summed E-state index contributed by atoms with van der Waals surface area (Å²) in [6.07, 6.45) is 0. The lowest BCUT2D eigenvalue weighted by Gasteiger charge is -2.35. The van der Waals surface area contributed by atoms with Crippen molar-refractivity contribution in [2.75, 3.05) is 26.2 Å². The first kappa shape index (κ1) is 20.0. The van der Waals surface area contributed by atoms with Gasteiger partial charge >= 0.3 is 0 Å². The molecule has 5 rings (SSSR count). The Kier molecular flexibility index (Phi) is 5.40. The van der Waals surface area contributed by atoms with Gasteiger partial charge in [-0.2, -0.15) is 5.26 Å². The van der Waals surface area contributed by atoms with Gasteiger partial charge in [-0.25, -0.2) is 4.98 Å². The zero-order valence-corrected chi connectivity index (χ0v) is 17.7. The van der Waals surface area contributed by atoms with Gasteiger partial charge in [0.15, 0.2) is 0 Å². The molecule has 0 unspecified atom stereocenters. The predicted octanol–water partition coefficient (Wildman–Crippen LogP) is 4.06. The standard InChI is InChI=1S/C26H23N5O/c27-17-21-8-4-5-9-22(21)18-30-12-14-31(15-13-30)26(32)20-10-11-23-24(16-20)29-25(28-23)19-6-2-1-3-7-19/h1-11,16H,12-15,18H2,(H,28,29). The van der Waals surface area contributed by atoms with Crippen molar-refractivity contribution < 1.29 is 4.79 Å². The number of nitriles is 1. The molecule has 1 fully saturated rings. The lowest BCUT2D eigenvalue weighted by Crippen LogP contribution is -2.48. The number of imidazole rings is 1. The lowest BCUT2D eigenvalue weighted by molar-refractivity contribution is 0.0628. The van der Waals surface area contributed by atoms with Crippen molar-refractivity contribution in [3.8, 4) is 17.5 Å². The second-order valence-electron chi connectivity index (χ2n) is 8.02. The normalized spacial score (nSPS) is 14.4. The number of aromatic amines is 1. The van der Waals surface area contributed by atoms with Crippen LogP contribution in [0.4, 0.5) is 0 Å². The third kappa shape index (κ3) is 3.98. The molecule has 1 aliphatic heterocycles. The number of aromatic nitrogens is 2. The maximum absolute atomic E-state index is 13.1. The number of benzene rings is 3.